The third-order valence-corrected chi connectivity index (χ3v) is 4.77. The van der Waals surface area contributed by atoms with Crippen molar-refractivity contribution in [2.75, 3.05) is 5.32 Å². The molecule has 2 rings (SSSR count). The van der Waals surface area contributed by atoms with E-state index in [-0.39, 0.29) is 0 Å². The first-order chi connectivity index (χ1) is 11.8. The molecule has 0 aliphatic carbocycles. The second kappa shape index (κ2) is 8.25. The number of aryl methyl sites for hydroxylation is 1. The highest BCUT2D eigenvalue weighted by Crippen LogP contribution is 2.31. The van der Waals surface area contributed by atoms with Gasteiger partial charge < -0.3 is 10.4 Å². The van der Waals surface area contributed by atoms with Crippen molar-refractivity contribution in [1.29, 1.82) is 0 Å². The number of benzene rings is 2. The zero-order valence-corrected chi connectivity index (χ0v) is 16.5. The van der Waals surface area contributed by atoms with Crippen LogP contribution in [0.5, 0.6) is 5.75 Å². The number of urea groups is 1. The number of nitrogens with one attached hydrogen (secondary N) is 2. The van der Waals surface area contributed by atoms with Crippen molar-refractivity contribution in [3.05, 3.63) is 59.6 Å². The van der Waals surface area contributed by atoms with Crippen molar-refractivity contribution < 1.29 is 14.8 Å². The van der Waals surface area contributed by atoms with Crippen LogP contribution in [0, 0.1) is 20.6 Å². The molecule has 0 fully saturated rings. The maximum absolute atomic E-state index is 11.8. The number of hydrogen-bond acceptors (Lipinski definition) is 5. The molecule has 0 spiro atoms. The summed E-state index contributed by atoms with van der Waals surface area (Å²) in [5.41, 5.74) is 3.78. The van der Waals surface area contributed by atoms with E-state index in [2.05, 4.69) is 31.8 Å². The summed E-state index contributed by atoms with van der Waals surface area (Å²) in [5, 5.41) is 26.9. The summed E-state index contributed by atoms with van der Waals surface area (Å²) in [4.78, 5) is 22.0. The van der Waals surface area contributed by atoms with E-state index in [1.54, 1.807) is 34.7 Å². The summed E-state index contributed by atoms with van der Waals surface area (Å²) in [5.74, 6) is -0.404. The SMILES string of the molecule is Cc1cc(NC(=O)N/N=C/c2cc(I)c(O)c([N+](=O)[O-])c2)ccc1Br. The smallest absolute Gasteiger partial charge is 0.339 e. The Hall–Kier alpha value is -2.21. The van der Waals surface area contributed by atoms with Crippen molar-refractivity contribution in [2.24, 2.45) is 5.10 Å². The molecule has 0 aliphatic rings. The second-order valence-electron chi connectivity index (χ2n) is 4.92. The lowest BCUT2D eigenvalue weighted by Crippen LogP contribution is -2.24. The van der Waals surface area contributed by atoms with Gasteiger partial charge >= 0.3 is 11.7 Å². The van der Waals surface area contributed by atoms with Crippen LogP contribution in [-0.2, 0) is 0 Å². The molecule has 25 heavy (non-hydrogen) atoms. The van der Waals surface area contributed by atoms with Crippen molar-refractivity contribution >= 4 is 62.1 Å². The quantitative estimate of drug-likeness (QED) is 0.244. The molecule has 8 nitrogen and oxygen atoms in total. The fraction of sp³-hybridized carbons (Fsp3) is 0.0667. The number of aromatic hydroxyl groups is 1. The molecular formula is C15H12BrIN4O4. The lowest BCUT2D eigenvalue weighted by Gasteiger charge is -2.06. The summed E-state index contributed by atoms with van der Waals surface area (Å²) >= 11 is 5.15. The Morgan fingerprint density at radius 1 is 1.40 bits per heavy atom. The van der Waals surface area contributed by atoms with Crippen molar-refractivity contribution in [2.45, 2.75) is 6.92 Å². The topological polar surface area (TPSA) is 117 Å². The summed E-state index contributed by atoms with van der Waals surface area (Å²) in [7, 11) is 0. The minimum atomic E-state index is -0.690. The Labute approximate surface area is 164 Å². The number of phenols is 1. The van der Waals surface area contributed by atoms with Gasteiger partial charge in [0.2, 0.25) is 5.75 Å². The molecular weight excluding hydrogens is 507 g/mol. The number of nitrogens with zero attached hydrogens (tertiary/aromatic N) is 2. The number of halogens is 2. The first-order valence-electron chi connectivity index (χ1n) is 6.81. The highest BCUT2D eigenvalue weighted by molar-refractivity contribution is 14.1. The molecule has 0 unspecified atom stereocenters. The van der Waals surface area contributed by atoms with Crippen LogP contribution in [-0.4, -0.2) is 22.3 Å². The maximum atomic E-state index is 11.8. The highest BCUT2D eigenvalue weighted by Gasteiger charge is 2.17. The minimum Gasteiger partial charge on any atom is -0.501 e. The number of amides is 2. The molecule has 2 aromatic carbocycles. The number of phenolic OH excluding ortho intramolecular Hbond substituents is 1. The van der Waals surface area contributed by atoms with Gasteiger partial charge in [0.05, 0.1) is 14.7 Å². The average Bonchev–Trinajstić information content (AvgIpc) is 2.54. The van der Waals surface area contributed by atoms with Crippen molar-refractivity contribution in [1.82, 2.24) is 5.43 Å². The first kappa shape index (κ1) is 19.1. The molecule has 3 N–H and O–H groups in total. The number of anilines is 1. The van der Waals surface area contributed by atoms with Crippen molar-refractivity contribution in [3.8, 4) is 5.75 Å². The summed E-state index contributed by atoms with van der Waals surface area (Å²) in [6.45, 7) is 1.89. The van der Waals surface area contributed by atoms with Gasteiger partial charge in [0.15, 0.2) is 0 Å². The molecule has 0 saturated carbocycles. The van der Waals surface area contributed by atoms with Crippen LogP contribution in [0.15, 0.2) is 39.9 Å². The van der Waals surface area contributed by atoms with Crippen LogP contribution in [0.25, 0.3) is 0 Å². The van der Waals surface area contributed by atoms with E-state index < -0.39 is 22.4 Å². The molecule has 0 bridgehead atoms. The molecule has 0 atom stereocenters. The average molecular weight is 519 g/mol. The van der Waals surface area contributed by atoms with E-state index in [1.807, 2.05) is 13.0 Å². The molecule has 0 aliphatic heterocycles. The van der Waals surface area contributed by atoms with E-state index in [0.717, 1.165) is 10.0 Å². The number of nitro groups is 1. The Morgan fingerprint density at radius 2 is 2.12 bits per heavy atom. The molecule has 0 radical (unpaired) electrons. The maximum Gasteiger partial charge on any atom is 0.339 e. The van der Waals surface area contributed by atoms with Crippen LogP contribution in [0.3, 0.4) is 0 Å². The Bertz CT molecular complexity index is 873. The molecule has 130 valence electrons. The third-order valence-electron chi connectivity index (χ3n) is 3.06. The zero-order valence-electron chi connectivity index (χ0n) is 12.8. The van der Waals surface area contributed by atoms with Crippen LogP contribution >= 0.6 is 38.5 Å². The minimum absolute atomic E-state index is 0.308. The fourth-order valence-electron chi connectivity index (χ4n) is 1.87. The van der Waals surface area contributed by atoms with E-state index in [4.69, 9.17) is 0 Å². The lowest BCUT2D eigenvalue weighted by atomic mass is 10.2. The Kier molecular flexibility index (Phi) is 6.31. The number of carbonyl (C=O) groups excluding carboxylic acids is 1. The number of hydrogen-bond donors (Lipinski definition) is 3. The number of nitro benzene ring substituents is 1. The molecule has 2 aromatic rings. The third kappa shape index (κ3) is 5.13. The number of rotatable bonds is 4. The fourth-order valence-corrected chi connectivity index (χ4v) is 2.75. The van der Waals surface area contributed by atoms with Crippen molar-refractivity contribution in [3.63, 3.8) is 0 Å². The van der Waals surface area contributed by atoms with Crippen LogP contribution in [0.2, 0.25) is 0 Å². The molecule has 0 saturated heterocycles. The summed E-state index contributed by atoms with van der Waals surface area (Å²) in [6.07, 6.45) is 1.25. The molecule has 10 heteroatoms. The second-order valence-corrected chi connectivity index (χ2v) is 6.93. The van der Waals surface area contributed by atoms with Crippen LogP contribution in [0.1, 0.15) is 11.1 Å². The predicted octanol–water partition coefficient (Wildman–Crippen LogP) is 4.13. The number of carbonyl (C=O) groups is 1. The largest absolute Gasteiger partial charge is 0.501 e. The van der Waals surface area contributed by atoms with Gasteiger partial charge in [-0.15, -0.1) is 0 Å². The Morgan fingerprint density at radius 3 is 2.76 bits per heavy atom. The first-order valence-corrected chi connectivity index (χ1v) is 8.68. The molecule has 0 aromatic heterocycles. The molecule has 2 amide bonds. The van der Waals surface area contributed by atoms with E-state index in [1.165, 1.54) is 18.3 Å². The van der Waals surface area contributed by atoms with Gasteiger partial charge in [-0.25, -0.2) is 10.2 Å². The van der Waals surface area contributed by atoms with E-state index in [0.29, 0.717) is 14.8 Å². The lowest BCUT2D eigenvalue weighted by molar-refractivity contribution is -0.386. The summed E-state index contributed by atoms with van der Waals surface area (Å²) in [6, 6.07) is 7.44. The van der Waals surface area contributed by atoms with Gasteiger partial charge in [-0.3, -0.25) is 10.1 Å². The normalized spacial score (nSPS) is 10.7. The van der Waals surface area contributed by atoms with E-state index in [9.17, 15) is 20.0 Å². The summed E-state index contributed by atoms with van der Waals surface area (Å²) < 4.78 is 1.24. The van der Waals surface area contributed by atoms with E-state index >= 15 is 0 Å². The van der Waals surface area contributed by atoms with Gasteiger partial charge in [0, 0.05) is 21.8 Å². The predicted molar refractivity (Wildman–Crippen MR) is 106 cm³/mol. The Balaban J connectivity index is 2.04. The standard InChI is InChI=1S/C15H12BrIN4O4/c1-8-4-10(2-3-11(8)16)19-15(23)20-18-7-9-5-12(17)14(22)13(6-9)21(24)25/h2-7,22H,1H3,(H2,19,20,23)/b18-7+. The highest BCUT2D eigenvalue weighted by atomic mass is 127. The van der Waals surface area contributed by atoms with Gasteiger partial charge in [0.1, 0.15) is 0 Å². The van der Waals surface area contributed by atoms with Crippen LogP contribution in [0.4, 0.5) is 16.2 Å². The monoisotopic (exact) mass is 518 g/mol. The van der Waals surface area contributed by atoms with Gasteiger partial charge in [0.25, 0.3) is 0 Å². The van der Waals surface area contributed by atoms with Gasteiger partial charge in [-0.05, 0) is 59.3 Å². The van der Waals surface area contributed by atoms with Crippen LogP contribution < -0.4 is 10.7 Å². The molecule has 0 heterocycles. The zero-order chi connectivity index (χ0) is 18.6. The van der Waals surface area contributed by atoms with Gasteiger partial charge in [-0.1, -0.05) is 15.9 Å². The van der Waals surface area contributed by atoms with Gasteiger partial charge in [-0.2, -0.15) is 5.10 Å². The number of hydrazone groups is 1.